The number of rotatable bonds is 11. The number of hydrogen-bond donors (Lipinski definition) is 1. The summed E-state index contributed by atoms with van der Waals surface area (Å²) in [6.07, 6.45) is -4.67. The van der Waals surface area contributed by atoms with Crippen molar-refractivity contribution in [3.05, 3.63) is 53.6 Å². The number of alkyl halides is 3. The van der Waals surface area contributed by atoms with E-state index in [9.17, 15) is 26.4 Å². The molecule has 0 unspecified atom stereocenters. The number of hydrogen-bond acceptors (Lipinski definition) is 7. The van der Waals surface area contributed by atoms with Crippen LogP contribution < -0.4 is 14.7 Å². The summed E-state index contributed by atoms with van der Waals surface area (Å²) in [5, 5.41) is 0. The Morgan fingerprint density at radius 3 is 2.51 bits per heavy atom. The van der Waals surface area contributed by atoms with Crippen molar-refractivity contribution >= 4 is 28.5 Å². The van der Waals surface area contributed by atoms with Crippen molar-refractivity contribution in [1.29, 1.82) is 0 Å². The molecule has 1 atom stereocenters. The van der Waals surface area contributed by atoms with Gasteiger partial charge in [-0.1, -0.05) is 18.2 Å². The van der Waals surface area contributed by atoms with E-state index >= 15 is 0 Å². The predicted molar refractivity (Wildman–Crippen MR) is 125 cm³/mol. The maximum absolute atomic E-state index is 12.3. The molecule has 0 aromatic heterocycles. The second-order valence-corrected chi connectivity index (χ2v) is 9.72. The van der Waals surface area contributed by atoms with Crippen LogP contribution in [0.15, 0.2) is 42.5 Å². The summed E-state index contributed by atoms with van der Waals surface area (Å²) in [5.74, 6) is -0.131. The number of nitrogens with two attached hydrogens (primary N) is 1. The second kappa shape index (κ2) is 12.5. The molecule has 7 nitrogen and oxygen atoms in total. The molecule has 35 heavy (non-hydrogen) atoms. The second-order valence-electron chi connectivity index (χ2n) is 8.03. The van der Waals surface area contributed by atoms with Gasteiger partial charge in [-0.05, 0) is 48.6 Å². The van der Waals surface area contributed by atoms with Gasteiger partial charge in [-0.2, -0.15) is 21.6 Å². The number of halogens is 4. The van der Waals surface area contributed by atoms with Crippen molar-refractivity contribution in [3.8, 4) is 17.2 Å². The molecule has 0 aliphatic heterocycles. The minimum atomic E-state index is -4.43. The summed E-state index contributed by atoms with van der Waals surface area (Å²) in [6, 6.07) is 11.5. The van der Waals surface area contributed by atoms with Gasteiger partial charge < -0.3 is 19.4 Å². The zero-order valence-electron chi connectivity index (χ0n) is 18.8. The lowest BCUT2D eigenvalue weighted by Crippen LogP contribution is -2.17. The smallest absolute Gasteiger partial charge is 0.389 e. The Labute approximate surface area is 208 Å². The third-order valence-electron chi connectivity index (χ3n) is 5.17. The van der Waals surface area contributed by atoms with Crippen LogP contribution in [0.5, 0.6) is 17.2 Å². The van der Waals surface area contributed by atoms with E-state index < -0.39 is 34.9 Å². The van der Waals surface area contributed by atoms with Gasteiger partial charge >= 0.3 is 22.3 Å². The number of esters is 1. The summed E-state index contributed by atoms with van der Waals surface area (Å²) >= 11 is 0. The summed E-state index contributed by atoms with van der Waals surface area (Å²) in [4.78, 5) is 11.6. The maximum Gasteiger partial charge on any atom is 0.389 e. The van der Waals surface area contributed by atoms with E-state index in [1.807, 2.05) is 12.1 Å². The molecule has 2 N–H and O–H groups in total. The fourth-order valence-electron chi connectivity index (χ4n) is 3.67. The zero-order valence-corrected chi connectivity index (χ0v) is 20.4. The van der Waals surface area contributed by atoms with Gasteiger partial charge in [0.05, 0.1) is 18.8 Å². The number of carbonyl (C=O) groups excluding carboxylic acids is 1. The molecule has 0 heterocycles. The molecule has 0 bridgehead atoms. The topological polar surface area (TPSA) is 105 Å². The highest BCUT2D eigenvalue weighted by Crippen LogP contribution is 2.37. The van der Waals surface area contributed by atoms with Crippen molar-refractivity contribution in [2.45, 2.75) is 38.3 Å². The van der Waals surface area contributed by atoms with Crippen LogP contribution in [0.3, 0.4) is 0 Å². The molecule has 1 aliphatic rings. The number of benzene rings is 2. The van der Waals surface area contributed by atoms with Gasteiger partial charge in [-0.15, -0.1) is 12.4 Å². The molecular formula is C23H27ClF3NO6S. The van der Waals surface area contributed by atoms with Gasteiger partial charge in [0.1, 0.15) is 17.2 Å². The lowest BCUT2D eigenvalue weighted by Gasteiger charge is -2.13. The Morgan fingerprint density at radius 1 is 1.09 bits per heavy atom. The molecule has 0 spiro atoms. The largest absolute Gasteiger partial charge is 0.465 e. The summed E-state index contributed by atoms with van der Waals surface area (Å²) in [5.41, 5.74) is 7.39. The average Bonchev–Trinajstić information content (AvgIpc) is 3.15. The van der Waals surface area contributed by atoms with E-state index in [-0.39, 0.29) is 49.6 Å². The normalized spacial score (nSPS) is 15.1. The van der Waals surface area contributed by atoms with Gasteiger partial charge in [0.25, 0.3) is 0 Å². The first-order valence-electron chi connectivity index (χ1n) is 10.8. The third kappa shape index (κ3) is 9.23. The fraction of sp³-hybridized carbons (Fsp3) is 0.435. The van der Waals surface area contributed by atoms with E-state index in [0.29, 0.717) is 17.9 Å². The molecule has 0 fully saturated rings. The van der Waals surface area contributed by atoms with Gasteiger partial charge in [-0.3, -0.25) is 4.79 Å². The standard InChI is InChI=1S/C23H26F3NO6S.ClH/c24-23(25,26)9-3-11-34(29,30)33-19-6-2-5-18(14-19)32-21-7-1-4-17-12-16(13-20(17)21)15-31-22(28)8-10-27;/h1-2,4-7,14,16H,3,8-13,15,27H2;1H/t16-;/m1./s1. The summed E-state index contributed by atoms with van der Waals surface area (Å²) in [7, 11) is -4.19. The van der Waals surface area contributed by atoms with Crippen LogP contribution in [0.1, 0.15) is 30.4 Å². The third-order valence-corrected chi connectivity index (χ3v) is 6.41. The zero-order chi connectivity index (χ0) is 24.8. The van der Waals surface area contributed by atoms with Crippen LogP contribution >= 0.6 is 12.4 Å². The van der Waals surface area contributed by atoms with Crippen molar-refractivity contribution in [1.82, 2.24) is 0 Å². The minimum Gasteiger partial charge on any atom is -0.465 e. The first kappa shape index (κ1) is 28.7. The van der Waals surface area contributed by atoms with E-state index in [0.717, 1.165) is 17.5 Å². The van der Waals surface area contributed by atoms with Gasteiger partial charge in [-0.25, -0.2) is 0 Å². The van der Waals surface area contributed by atoms with Crippen LogP contribution in [0.4, 0.5) is 13.2 Å². The van der Waals surface area contributed by atoms with E-state index in [1.165, 1.54) is 18.2 Å². The van der Waals surface area contributed by atoms with Crippen molar-refractivity contribution in [2.75, 3.05) is 18.9 Å². The van der Waals surface area contributed by atoms with Gasteiger partial charge in [0.15, 0.2) is 0 Å². The number of ether oxygens (including phenoxy) is 2. The molecule has 2 aromatic rings. The Bertz CT molecular complexity index is 1110. The highest BCUT2D eigenvalue weighted by atomic mass is 35.5. The van der Waals surface area contributed by atoms with E-state index in [4.69, 9.17) is 19.4 Å². The van der Waals surface area contributed by atoms with Gasteiger partial charge in [0.2, 0.25) is 0 Å². The Kier molecular flexibility index (Phi) is 10.2. The van der Waals surface area contributed by atoms with E-state index in [2.05, 4.69) is 0 Å². The molecule has 0 amide bonds. The first-order valence-corrected chi connectivity index (χ1v) is 12.4. The first-order chi connectivity index (χ1) is 16.0. The summed E-state index contributed by atoms with van der Waals surface area (Å²) in [6.45, 7) is 0.516. The number of fused-ring (bicyclic) bond motifs is 1. The van der Waals surface area contributed by atoms with Crippen LogP contribution in [-0.4, -0.2) is 39.5 Å². The monoisotopic (exact) mass is 537 g/mol. The lowest BCUT2D eigenvalue weighted by molar-refractivity contribution is -0.144. The van der Waals surface area contributed by atoms with Crippen LogP contribution in [0.25, 0.3) is 0 Å². The number of carbonyl (C=O) groups is 1. The van der Waals surface area contributed by atoms with Crippen LogP contribution in [-0.2, 0) is 32.5 Å². The molecule has 0 saturated heterocycles. The highest BCUT2D eigenvalue weighted by molar-refractivity contribution is 7.87. The minimum absolute atomic E-state index is 0. The average molecular weight is 538 g/mol. The molecule has 12 heteroatoms. The van der Waals surface area contributed by atoms with Crippen LogP contribution in [0.2, 0.25) is 0 Å². The predicted octanol–water partition coefficient (Wildman–Crippen LogP) is 4.56. The van der Waals surface area contributed by atoms with Crippen LogP contribution in [0, 0.1) is 5.92 Å². The lowest BCUT2D eigenvalue weighted by atomic mass is 10.1. The highest BCUT2D eigenvalue weighted by Gasteiger charge is 2.28. The Balaban J connectivity index is 0.00000432. The molecule has 3 rings (SSSR count). The molecule has 1 aliphatic carbocycles. The Morgan fingerprint density at radius 2 is 1.80 bits per heavy atom. The molecular weight excluding hydrogens is 511 g/mol. The van der Waals surface area contributed by atoms with Crippen molar-refractivity contribution < 1.29 is 40.0 Å². The molecule has 0 saturated carbocycles. The maximum atomic E-state index is 12.3. The van der Waals surface area contributed by atoms with E-state index in [1.54, 1.807) is 12.1 Å². The molecule has 2 aromatic carbocycles. The van der Waals surface area contributed by atoms with Gasteiger partial charge in [0, 0.05) is 24.9 Å². The molecule has 194 valence electrons. The quantitative estimate of drug-likeness (QED) is 0.331. The summed E-state index contributed by atoms with van der Waals surface area (Å²) < 4.78 is 77.0. The Hall–Kier alpha value is -2.50. The SMILES string of the molecule is Cl.NCCC(=O)OC[C@@H]1Cc2cccc(Oc3cccc(OS(=O)(=O)CCCC(F)(F)F)c3)c2C1. The fourth-order valence-corrected chi connectivity index (χ4v) is 4.65. The molecule has 0 radical (unpaired) electrons. The van der Waals surface area contributed by atoms with Crippen molar-refractivity contribution in [3.63, 3.8) is 0 Å². The van der Waals surface area contributed by atoms with Crippen molar-refractivity contribution in [2.24, 2.45) is 11.7 Å².